The zero-order valence-electron chi connectivity index (χ0n) is 17.9. The highest BCUT2D eigenvalue weighted by molar-refractivity contribution is 7.90. The molecule has 5 rings (SSSR count). The normalized spacial score (nSPS) is 25.0. The molecule has 2 unspecified atom stereocenters. The monoisotopic (exact) mass is 442 g/mol. The van der Waals surface area contributed by atoms with Gasteiger partial charge in [-0.15, -0.1) is 0 Å². The summed E-state index contributed by atoms with van der Waals surface area (Å²) in [5.41, 5.74) is 4.75. The van der Waals surface area contributed by atoms with E-state index in [1.54, 1.807) is 12.1 Å². The van der Waals surface area contributed by atoms with Crippen molar-refractivity contribution in [1.82, 2.24) is 4.90 Å². The molecule has 3 aliphatic rings. The zero-order valence-corrected chi connectivity index (χ0v) is 18.7. The smallest absolute Gasteiger partial charge is 0.215 e. The second-order valence-electron chi connectivity index (χ2n) is 9.85. The standard InChI is InChI=1S/C25H31FN2O2S/c26-22-5-1-4-18(12-22)13-24-21(17-28-10-3-11-28)15-20-7-6-19(14-23(20)24)16-25(8-2-9-25)31(27,29)30/h1,4-7,12,14,21,24H,2-3,8-11,13,15-17H2,(H2,27,29,30). The third-order valence-corrected chi connectivity index (χ3v) is 9.60. The first kappa shape index (κ1) is 21.1. The van der Waals surface area contributed by atoms with Crippen molar-refractivity contribution in [2.45, 2.75) is 55.6 Å². The van der Waals surface area contributed by atoms with E-state index in [-0.39, 0.29) is 5.82 Å². The summed E-state index contributed by atoms with van der Waals surface area (Å²) in [6, 6.07) is 13.4. The summed E-state index contributed by atoms with van der Waals surface area (Å²) >= 11 is 0. The lowest BCUT2D eigenvalue weighted by Gasteiger charge is -2.39. The second-order valence-corrected chi connectivity index (χ2v) is 11.8. The Hall–Kier alpha value is -1.76. The molecule has 2 aliphatic carbocycles. The number of halogens is 1. The molecule has 166 valence electrons. The molecular formula is C25H31FN2O2S. The van der Waals surface area contributed by atoms with Crippen LogP contribution in [-0.4, -0.2) is 37.7 Å². The Labute approximate surface area is 184 Å². The fourth-order valence-corrected chi connectivity index (χ4v) is 6.98. The molecular weight excluding hydrogens is 411 g/mol. The van der Waals surface area contributed by atoms with E-state index in [1.807, 2.05) is 6.07 Å². The molecule has 4 nitrogen and oxygen atoms in total. The quantitative estimate of drug-likeness (QED) is 0.710. The van der Waals surface area contributed by atoms with Crippen LogP contribution in [0.2, 0.25) is 0 Å². The number of nitrogens with zero attached hydrogens (tertiary/aromatic N) is 1. The van der Waals surface area contributed by atoms with Gasteiger partial charge in [-0.3, -0.25) is 0 Å². The van der Waals surface area contributed by atoms with Gasteiger partial charge < -0.3 is 4.90 Å². The average Bonchev–Trinajstić information content (AvgIpc) is 2.97. The van der Waals surface area contributed by atoms with Crippen molar-refractivity contribution in [2.75, 3.05) is 19.6 Å². The highest BCUT2D eigenvalue weighted by Gasteiger charge is 2.47. The van der Waals surface area contributed by atoms with Crippen LogP contribution in [0, 0.1) is 11.7 Å². The Morgan fingerprint density at radius 2 is 1.87 bits per heavy atom. The molecule has 2 atom stereocenters. The molecule has 2 fully saturated rings. The number of nitrogens with two attached hydrogens (primary N) is 1. The van der Waals surface area contributed by atoms with Crippen LogP contribution in [0.5, 0.6) is 0 Å². The van der Waals surface area contributed by atoms with Crippen LogP contribution in [0.3, 0.4) is 0 Å². The van der Waals surface area contributed by atoms with E-state index in [4.69, 9.17) is 5.14 Å². The van der Waals surface area contributed by atoms with Gasteiger partial charge in [0.1, 0.15) is 5.82 Å². The number of primary sulfonamides is 1. The van der Waals surface area contributed by atoms with Gasteiger partial charge in [-0.1, -0.05) is 36.8 Å². The molecule has 0 aromatic heterocycles. The molecule has 1 heterocycles. The molecule has 1 saturated heterocycles. The van der Waals surface area contributed by atoms with Crippen LogP contribution in [-0.2, 0) is 29.3 Å². The number of benzene rings is 2. The number of rotatable bonds is 7. The molecule has 1 saturated carbocycles. The molecule has 6 heteroatoms. The van der Waals surface area contributed by atoms with Gasteiger partial charge in [0, 0.05) is 6.54 Å². The van der Waals surface area contributed by atoms with Crippen LogP contribution in [0.25, 0.3) is 0 Å². The summed E-state index contributed by atoms with van der Waals surface area (Å²) in [6.07, 6.45) is 5.82. The van der Waals surface area contributed by atoms with Gasteiger partial charge in [0.25, 0.3) is 0 Å². The van der Waals surface area contributed by atoms with E-state index < -0.39 is 14.8 Å². The van der Waals surface area contributed by atoms with E-state index in [9.17, 15) is 12.8 Å². The summed E-state index contributed by atoms with van der Waals surface area (Å²) < 4.78 is 37.6. The molecule has 2 aromatic rings. The van der Waals surface area contributed by atoms with Gasteiger partial charge in [0.05, 0.1) is 4.75 Å². The Morgan fingerprint density at radius 1 is 1.06 bits per heavy atom. The van der Waals surface area contributed by atoms with Crippen molar-refractivity contribution < 1.29 is 12.8 Å². The zero-order chi connectivity index (χ0) is 21.6. The van der Waals surface area contributed by atoms with E-state index in [0.29, 0.717) is 31.1 Å². The van der Waals surface area contributed by atoms with Crippen molar-refractivity contribution in [1.29, 1.82) is 0 Å². The maximum Gasteiger partial charge on any atom is 0.215 e. The number of hydrogen-bond donors (Lipinski definition) is 1. The fraction of sp³-hybridized carbons (Fsp3) is 0.520. The second kappa shape index (κ2) is 7.98. The Morgan fingerprint density at radius 3 is 2.48 bits per heavy atom. The minimum absolute atomic E-state index is 0.191. The highest BCUT2D eigenvalue weighted by atomic mass is 32.2. The summed E-state index contributed by atoms with van der Waals surface area (Å²) in [5.74, 6) is 0.637. The van der Waals surface area contributed by atoms with Gasteiger partial charge >= 0.3 is 0 Å². The lowest BCUT2D eigenvalue weighted by Crippen LogP contribution is -2.50. The SMILES string of the molecule is NS(=O)(=O)C1(Cc2ccc3c(c2)C(Cc2cccc(F)c2)C(CN2CCC2)C3)CCC1. The lowest BCUT2D eigenvalue weighted by atomic mass is 9.79. The van der Waals surface area contributed by atoms with Crippen LogP contribution >= 0.6 is 0 Å². The minimum Gasteiger partial charge on any atom is -0.303 e. The highest BCUT2D eigenvalue weighted by Crippen LogP contribution is 2.44. The minimum atomic E-state index is -3.58. The van der Waals surface area contributed by atoms with Crippen LogP contribution < -0.4 is 5.14 Å². The van der Waals surface area contributed by atoms with Gasteiger partial charge in [-0.2, -0.15) is 0 Å². The van der Waals surface area contributed by atoms with Crippen molar-refractivity contribution in [3.8, 4) is 0 Å². The topological polar surface area (TPSA) is 63.4 Å². The van der Waals surface area contributed by atoms with E-state index >= 15 is 0 Å². The predicted octanol–water partition coefficient (Wildman–Crippen LogP) is 3.78. The van der Waals surface area contributed by atoms with Gasteiger partial charge in [-0.05, 0) is 97.8 Å². The third-order valence-electron chi connectivity index (χ3n) is 7.84. The fourth-order valence-electron chi connectivity index (χ4n) is 5.75. The maximum absolute atomic E-state index is 13.8. The van der Waals surface area contributed by atoms with Gasteiger partial charge in [-0.25, -0.2) is 17.9 Å². The Bertz CT molecular complexity index is 1080. The summed E-state index contributed by atoms with van der Waals surface area (Å²) in [7, 11) is -3.58. The predicted molar refractivity (Wildman–Crippen MR) is 121 cm³/mol. The number of fused-ring (bicyclic) bond motifs is 1. The molecule has 0 spiro atoms. The molecule has 0 bridgehead atoms. The van der Waals surface area contributed by atoms with Gasteiger partial charge in [0.2, 0.25) is 10.0 Å². The van der Waals surface area contributed by atoms with Gasteiger partial charge in [0.15, 0.2) is 0 Å². The lowest BCUT2D eigenvalue weighted by molar-refractivity contribution is 0.145. The first-order chi connectivity index (χ1) is 14.8. The molecule has 2 N–H and O–H groups in total. The molecule has 0 radical (unpaired) electrons. The van der Waals surface area contributed by atoms with Crippen molar-refractivity contribution in [2.24, 2.45) is 11.1 Å². The Kier molecular flexibility index (Phi) is 5.43. The largest absolute Gasteiger partial charge is 0.303 e. The molecule has 0 amide bonds. The van der Waals surface area contributed by atoms with E-state index in [2.05, 4.69) is 23.1 Å². The number of sulfonamides is 1. The van der Waals surface area contributed by atoms with E-state index in [0.717, 1.165) is 36.9 Å². The summed E-state index contributed by atoms with van der Waals surface area (Å²) in [4.78, 5) is 2.51. The number of likely N-dealkylation sites (tertiary alicyclic amines) is 1. The summed E-state index contributed by atoms with van der Waals surface area (Å²) in [6.45, 7) is 3.41. The van der Waals surface area contributed by atoms with Crippen LogP contribution in [0.15, 0.2) is 42.5 Å². The molecule has 2 aromatic carbocycles. The first-order valence-corrected chi connectivity index (χ1v) is 13.0. The van der Waals surface area contributed by atoms with Crippen molar-refractivity contribution in [3.63, 3.8) is 0 Å². The van der Waals surface area contributed by atoms with Crippen LogP contribution in [0.4, 0.5) is 4.39 Å². The van der Waals surface area contributed by atoms with Crippen molar-refractivity contribution >= 4 is 10.0 Å². The summed E-state index contributed by atoms with van der Waals surface area (Å²) in [5, 5.41) is 5.61. The van der Waals surface area contributed by atoms with Crippen molar-refractivity contribution in [3.05, 3.63) is 70.5 Å². The third kappa shape index (κ3) is 4.06. The Balaban J connectivity index is 1.44. The average molecular weight is 443 g/mol. The first-order valence-electron chi connectivity index (χ1n) is 11.4. The number of hydrogen-bond acceptors (Lipinski definition) is 3. The molecule has 31 heavy (non-hydrogen) atoms. The molecule has 1 aliphatic heterocycles. The maximum atomic E-state index is 13.8. The van der Waals surface area contributed by atoms with E-state index in [1.165, 1.54) is 36.7 Å². The van der Waals surface area contributed by atoms with Crippen LogP contribution in [0.1, 0.15) is 53.9 Å².